The van der Waals surface area contributed by atoms with Crippen molar-refractivity contribution in [1.82, 2.24) is 4.41 Å². The van der Waals surface area contributed by atoms with E-state index in [1.165, 1.54) is 0 Å². The van der Waals surface area contributed by atoms with Crippen molar-refractivity contribution in [1.29, 1.82) is 0 Å². The molecule has 1 aliphatic rings. The van der Waals surface area contributed by atoms with Crippen LogP contribution in [0, 0.1) is 0 Å². The van der Waals surface area contributed by atoms with Crippen LogP contribution in [0.1, 0.15) is 23.6 Å². The molecule has 0 amide bonds. The van der Waals surface area contributed by atoms with Crippen LogP contribution in [0.15, 0.2) is 53.6 Å². The van der Waals surface area contributed by atoms with Crippen molar-refractivity contribution < 1.29 is 8.42 Å². The summed E-state index contributed by atoms with van der Waals surface area (Å²) in [5.41, 5.74) is 2.38. The summed E-state index contributed by atoms with van der Waals surface area (Å²) in [6.45, 7) is 0. The zero-order valence-electron chi connectivity index (χ0n) is 12.3. The number of rotatable bonds is 3. The monoisotopic (exact) mass is 368 g/mol. The lowest BCUT2D eigenvalue weighted by Gasteiger charge is -2.21. The van der Waals surface area contributed by atoms with E-state index in [1.807, 2.05) is 18.2 Å². The van der Waals surface area contributed by atoms with Crippen molar-refractivity contribution in [2.75, 3.05) is 6.26 Å². The van der Waals surface area contributed by atoms with Gasteiger partial charge in [-0.25, -0.2) is 8.42 Å². The van der Waals surface area contributed by atoms with Gasteiger partial charge in [-0.15, -0.1) is 0 Å². The van der Waals surface area contributed by atoms with E-state index in [0.717, 1.165) is 21.8 Å². The first kappa shape index (κ1) is 16.3. The van der Waals surface area contributed by atoms with E-state index < -0.39 is 16.1 Å². The summed E-state index contributed by atoms with van der Waals surface area (Å²) in [7, 11) is -3.49. The molecule has 0 saturated heterocycles. The van der Waals surface area contributed by atoms with Gasteiger partial charge < -0.3 is 0 Å². The van der Waals surface area contributed by atoms with Crippen LogP contribution in [-0.2, 0) is 10.0 Å². The third-order valence-corrected chi connectivity index (χ3v) is 5.13. The van der Waals surface area contributed by atoms with Gasteiger partial charge in [0.05, 0.1) is 18.0 Å². The fraction of sp³-hybridized carbons (Fsp3) is 0.188. The second kappa shape index (κ2) is 6.15. The lowest BCUT2D eigenvalue weighted by molar-refractivity contribution is 0.375. The molecule has 0 N–H and O–H groups in total. The normalized spacial score (nSPS) is 18.1. The van der Waals surface area contributed by atoms with E-state index in [2.05, 4.69) is 5.10 Å². The molecule has 1 atom stereocenters. The topological polar surface area (TPSA) is 49.7 Å². The van der Waals surface area contributed by atoms with Crippen molar-refractivity contribution in [2.24, 2.45) is 5.10 Å². The van der Waals surface area contributed by atoms with Crippen molar-refractivity contribution in [2.45, 2.75) is 12.5 Å². The van der Waals surface area contributed by atoms with Crippen LogP contribution in [0.5, 0.6) is 0 Å². The standard InChI is InChI=1S/C16H14Cl2N2O2S/c1-23(21,22)20-16(12-3-2-4-14(18)9-12)10-15(19-20)11-5-7-13(17)8-6-11/h2-9,16H,10H2,1H3/t16-/m1/s1. The summed E-state index contributed by atoms with van der Waals surface area (Å²) in [5, 5.41) is 5.51. The second-order valence-electron chi connectivity index (χ2n) is 5.36. The van der Waals surface area contributed by atoms with Gasteiger partial charge in [0.15, 0.2) is 0 Å². The van der Waals surface area contributed by atoms with Crippen molar-refractivity contribution in [3.8, 4) is 0 Å². The Morgan fingerprint density at radius 1 is 1.09 bits per heavy atom. The third kappa shape index (κ3) is 3.52. The predicted molar refractivity (Wildman–Crippen MR) is 93.5 cm³/mol. The van der Waals surface area contributed by atoms with Crippen LogP contribution in [0.25, 0.3) is 0 Å². The summed E-state index contributed by atoms with van der Waals surface area (Å²) in [6, 6.07) is 14.0. The average Bonchev–Trinajstić information content (AvgIpc) is 2.93. The quantitative estimate of drug-likeness (QED) is 0.818. The van der Waals surface area contributed by atoms with Gasteiger partial charge in [0.2, 0.25) is 10.0 Å². The highest BCUT2D eigenvalue weighted by atomic mass is 35.5. The maximum Gasteiger partial charge on any atom is 0.247 e. The number of hydrazone groups is 1. The number of hydrogen-bond acceptors (Lipinski definition) is 3. The van der Waals surface area contributed by atoms with Crippen LogP contribution in [0.2, 0.25) is 10.0 Å². The Morgan fingerprint density at radius 2 is 1.78 bits per heavy atom. The molecule has 0 aliphatic carbocycles. The van der Waals surface area contributed by atoms with Crippen molar-refractivity contribution in [3.05, 3.63) is 69.7 Å². The molecule has 2 aromatic carbocycles. The molecule has 23 heavy (non-hydrogen) atoms. The van der Waals surface area contributed by atoms with Crippen LogP contribution in [0.3, 0.4) is 0 Å². The van der Waals surface area contributed by atoms with Gasteiger partial charge in [-0.2, -0.15) is 9.52 Å². The summed E-state index contributed by atoms with van der Waals surface area (Å²) >= 11 is 11.9. The molecule has 0 bridgehead atoms. The van der Waals surface area contributed by atoms with E-state index in [4.69, 9.17) is 23.2 Å². The Bertz CT molecular complexity index is 864. The fourth-order valence-electron chi connectivity index (χ4n) is 2.57. The molecule has 0 saturated carbocycles. The maximum atomic E-state index is 12.1. The Morgan fingerprint density at radius 3 is 2.39 bits per heavy atom. The smallest absolute Gasteiger partial charge is 0.205 e. The van der Waals surface area contributed by atoms with E-state index >= 15 is 0 Å². The Kier molecular flexibility index (Phi) is 4.36. The molecule has 7 heteroatoms. The number of halogens is 2. The minimum Gasteiger partial charge on any atom is -0.205 e. The van der Waals surface area contributed by atoms with Gasteiger partial charge in [-0.3, -0.25) is 0 Å². The predicted octanol–water partition coefficient (Wildman–Crippen LogP) is 4.10. The van der Waals surface area contributed by atoms with Gasteiger partial charge in [0.1, 0.15) is 0 Å². The summed E-state index contributed by atoms with van der Waals surface area (Å²) in [5.74, 6) is 0. The molecule has 1 heterocycles. The molecule has 0 aromatic heterocycles. The van der Waals surface area contributed by atoms with Crippen molar-refractivity contribution in [3.63, 3.8) is 0 Å². The van der Waals surface area contributed by atoms with Gasteiger partial charge in [-0.05, 0) is 35.4 Å². The molecule has 4 nitrogen and oxygen atoms in total. The summed E-state index contributed by atoms with van der Waals surface area (Å²) in [6.07, 6.45) is 1.63. The highest BCUT2D eigenvalue weighted by Gasteiger charge is 2.34. The molecule has 0 fully saturated rings. The molecule has 0 radical (unpaired) electrons. The Balaban J connectivity index is 2.01. The molecular formula is C16H14Cl2N2O2S. The molecule has 0 spiro atoms. The average molecular weight is 369 g/mol. The minimum atomic E-state index is -3.49. The third-order valence-electron chi connectivity index (χ3n) is 3.62. The molecule has 0 unspecified atom stereocenters. The van der Waals surface area contributed by atoms with E-state index in [0.29, 0.717) is 22.2 Å². The number of hydrogen-bond donors (Lipinski definition) is 0. The first-order chi connectivity index (χ1) is 10.8. The number of benzene rings is 2. The number of sulfonamides is 1. The van der Waals surface area contributed by atoms with Gasteiger partial charge in [-0.1, -0.05) is 47.5 Å². The molecule has 120 valence electrons. The lowest BCUT2D eigenvalue weighted by atomic mass is 9.99. The van der Waals surface area contributed by atoms with E-state index in [1.54, 1.807) is 30.3 Å². The minimum absolute atomic E-state index is 0.394. The molecule has 2 aromatic rings. The van der Waals surface area contributed by atoms with Crippen LogP contribution in [0.4, 0.5) is 0 Å². The first-order valence-electron chi connectivity index (χ1n) is 6.93. The van der Waals surface area contributed by atoms with Crippen molar-refractivity contribution >= 4 is 38.9 Å². The molecule has 3 rings (SSSR count). The maximum absolute atomic E-state index is 12.1. The lowest BCUT2D eigenvalue weighted by Crippen LogP contribution is -2.25. The van der Waals surface area contributed by atoms with Gasteiger partial charge >= 0.3 is 0 Å². The Labute approximate surface area is 145 Å². The van der Waals surface area contributed by atoms with Crippen LogP contribution < -0.4 is 0 Å². The van der Waals surface area contributed by atoms with Crippen LogP contribution in [-0.4, -0.2) is 24.8 Å². The largest absolute Gasteiger partial charge is 0.247 e. The van der Waals surface area contributed by atoms with E-state index in [9.17, 15) is 8.42 Å². The van der Waals surface area contributed by atoms with Crippen LogP contribution >= 0.6 is 23.2 Å². The number of nitrogens with zero attached hydrogens (tertiary/aromatic N) is 2. The fourth-order valence-corrected chi connectivity index (χ4v) is 3.80. The van der Waals surface area contributed by atoms with E-state index in [-0.39, 0.29) is 0 Å². The zero-order valence-corrected chi connectivity index (χ0v) is 14.6. The first-order valence-corrected chi connectivity index (χ1v) is 9.53. The van der Waals surface area contributed by atoms with Gasteiger partial charge in [0.25, 0.3) is 0 Å². The SMILES string of the molecule is CS(=O)(=O)N1N=C(c2ccc(Cl)cc2)C[C@@H]1c1cccc(Cl)c1. The molecule has 1 aliphatic heterocycles. The molecular weight excluding hydrogens is 355 g/mol. The summed E-state index contributed by atoms with van der Waals surface area (Å²) in [4.78, 5) is 0. The highest BCUT2D eigenvalue weighted by Crippen LogP contribution is 2.35. The van der Waals surface area contributed by atoms with Gasteiger partial charge in [0, 0.05) is 16.5 Å². The Hall–Kier alpha value is -1.56. The highest BCUT2D eigenvalue weighted by molar-refractivity contribution is 7.88. The zero-order chi connectivity index (χ0) is 16.6. The summed E-state index contributed by atoms with van der Waals surface area (Å²) < 4.78 is 25.4. The second-order valence-corrected chi connectivity index (χ2v) is 8.08.